The standard InChI is InChI=1S/C16H18N4O2S/c1-23(21,22)20-8-2-3-11(10-20)12-4-6-17-14-9-19-16-13(15(12)14)5-7-18-16/h4-7,9,11H,2-3,8,10H2,1H3,(H,18,19). The maximum absolute atomic E-state index is 11.9. The molecule has 7 heteroatoms. The van der Waals surface area contributed by atoms with Gasteiger partial charge in [-0.2, -0.15) is 0 Å². The zero-order chi connectivity index (χ0) is 16.0. The first-order chi connectivity index (χ1) is 11.0. The largest absolute Gasteiger partial charge is 0.346 e. The summed E-state index contributed by atoms with van der Waals surface area (Å²) in [4.78, 5) is 11.9. The van der Waals surface area contributed by atoms with E-state index in [9.17, 15) is 8.42 Å². The lowest BCUT2D eigenvalue weighted by Crippen LogP contribution is -2.38. The second-order valence-corrected chi connectivity index (χ2v) is 8.10. The number of fused-ring (bicyclic) bond motifs is 3. The molecule has 6 nitrogen and oxygen atoms in total. The molecule has 0 spiro atoms. The molecule has 1 fully saturated rings. The number of rotatable bonds is 2. The molecule has 23 heavy (non-hydrogen) atoms. The highest BCUT2D eigenvalue weighted by Crippen LogP contribution is 2.34. The molecule has 4 heterocycles. The Hall–Kier alpha value is -1.99. The van der Waals surface area contributed by atoms with Crippen molar-refractivity contribution in [2.45, 2.75) is 18.8 Å². The number of aromatic amines is 1. The van der Waals surface area contributed by atoms with E-state index in [0.717, 1.165) is 40.3 Å². The minimum Gasteiger partial charge on any atom is -0.346 e. The van der Waals surface area contributed by atoms with Crippen molar-refractivity contribution >= 4 is 32.0 Å². The molecule has 0 radical (unpaired) electrons. The van der Waals surface area contributed by atoms with Gasteiger partial charge < -0.3 is 4.98 Å². The quantitative estimate of drug-likeness (QED) is 0.781. The van der Waals surface area contributed by atoms with E-state index in [1.165, 1.54) is 6.26 Å². The fraction of sp³-hybridized carbons (Fsp3) is 0.375. The van der Waals surface area contributed by atoms with Crippen LogP contribution in [0.3, 0.4) is 0 Å². The van der Waals surface area contributed by atoms with Gasteiger partial charge in [0.15, 0.2) is 0 Å². The van der Waals surface area contributed by atoms with Crippen molar-refractivity contribution in [2.75, 3.05) is 19.3 Å². The van der Waals surface area contributed by atoms with Crippen molar-refractivity contribution in [3.63, 3.8) is 0 Å². The van der Waals surface area contributed by atoms with E-state index >= 15 is 0 Å². The summed E-state index contributed by atoms with van der Waals surface area (Å²) in [6, 6.07) is 4.03. The first-order valence-electron chi connectivity index (χ1n) is 7.70. The Kier molecular flexibility index (Phi) is 3.35. The molecule has 1 saturated heterocycles. The predicted molar refractivity (Wildman–Crippen MR) is 89.8 cm³/mol. The van der Waals surface area contributed by atoms with E-state index < -0.39 is 10.0 Å². The van der Waals surface area contributed by atoms with Crippen molar-refractivity contribution in [1.29, 1.82) is 0 Å². The average Bonchev–Trinajstić information content (AvgIpc) is 3.02. The molecule has 3 aromatic heterocycles. The van der Waals surface area contributed by atoms with E-state index in [1.54, 1.807) is 16.7 Å². The number of piperidine rings is 1. The van der Waals surface area contributed by atoms with Crippen LogP contribution in [0.2, 0.25) is 0 Å². The fourth-order valence-electron chi connectivity index (χ4n) is 3.52. The number of sulfonamides is 1. The van der Waals surface area contributed by atoms with Crippen LogP contribution in [0.5, 0.6) is 0 Å². The highest BCUT2D eigenvalue weighted by molar-refractivity contribution is 7.88. The second-order valence-electron chi connectivity index (χ2n) is 6.12. The van der Waals surface area contributed by atoms with E-state index in [-0.39, 0.29) is 5.92 Å². The molecular weight excluding hydrogens is 312 g/mol. The fourth-order valence-corrected chi connectivity index (χ4v) is 4.43. The van der Waals surface area contributed by atoms with Gasteiger partial charge in [-0.25, -0.2) is 17.7 Å². The zero-order valence-corrected chi connectivity index (χ0v) is 13.7. The van der Waals surface area contributed by atoms with Crippen molar-refractivity contribution in [3.8, 4) is 0 Å². The number of nitrogens with zero attached hydrogens (tertiary/aromatic N) is 3. The first kappa shape index (κ1) is 14.6. The average molecular weight is 330 g/mol. The molecule has 0 bridgehead atoms. The first-order valence-corrected chi connectivity index (χ1v) is 9.55. The van der Waals surface area contributed by atoms with Crippen LogP contribution < -0.4 is 0 Å². The van der Waals surface area contributed by atoms with Crippen LogP contribution in [0.25, 0.3) is 21.9 Å². The Morgan fingerprint density at radius 1 is 1.30 bits per heavy atom. The monoisotopic (exact) mass is 330 g/mol. The van der Waals surface area contributed by atoms with Gasteiger partial charge in [0.05, 0.1) is 18.0 Å². The molecule has 0 amide bonds. The van der Waals surface area contributed by atoms with Gasteiger partial charge in [-0.1, -0.05) is 0 Å². The maximum atomic E-state index is 11.9. The lowest BCUT2D eigenvalue weighted by atomic mass is 9.89. The Bertz CT molecular complexity index is 980. The summed E-state index contributed by atoms with van der Waals surface area (Å²) in [6.45, 7) is 1.14. The second kappa shape index (κ2) is 5.28. The molecule has 4 rings (SSSR count). The number of pyridine rings is 2. The van der Waals surface area contributed by atoms with Gasteiger partial charge in [0.25, 0.3) is 0 Å². The molecule has 1 N–H and O–H groups in total. The molecule has 1 atom stereocenters. The van der Waals surface area contributed by atoms with Crippen LogP contribution >= 0.6 is 0 Å². The summed E-state index contributed by atoms with van der Waals surface area (Å²) in [7, 11) is -3.15. The SMILES string of the molecule is CS(=O)(=O)N1CCCC(c2ccnc3cnc4[nH]ccc4c23)C1. The third-order valence-electron chi connectivity index (χ3n) is 4.62. The van der Waals surface area contributed by atoms with Crippen molar-refractivity contribution in [1.82, 2.24) is 19.3 Å². The maximum Gasteiger partial charge on any atom is 0.211 e. The van der Waals surface area contributed by atoms with E-state index in [1.807, 2.05) is 18.3 Å². The smallest absolute Gasteiger partial charge is 0.211 e. The normalized spacial score (nSPS) is 20.3. The van der Waals surface area contributed by atoms with Crippen LogP contribution in [-0.4, -0.2) is 47.0 Å². The van der Waals surface area contributed by atoms with Gasteiger partial charge in [-0.05, 0) is 36.5 Å². The molecule has 1 unspecified atom stereocenters. The molecule has 1 aliphatic heterocycles. The molecular formula is C16H18N4O2S. The minimum absolute atomic E-state index is 0.185. The Balaban J connectivity index is 1.86. The van der Waals surface area contributed by atoms with Crippen LogP contribution in [0.4, 0.5) is 0 Å². The number of H-pyrrole nitrogens is 1. The van der Waals surface area contributed by atoms with Crippen molar-refractivity contribution < 1.29 is 8.42 Å². The Labute approximate surface area is 134 Å². The number of nitrogens with one attached hydrogen (secondary N) is 1. The van der Waals surface area contributed by atoms with Crippen LogP contribution in [0, 0.1) is 0 Å². The molecule has 0 aromatic carbocycles. The third kappa shape index (κ3) is 2.49. The lowest BCUT2D eigenvalue weighted by Gasteiger charge is -2.31. The number of hydrogen-bond donors (Lipinski definition) is 1. The summed E-state index contributed by atoms with van der Waals surface area (Å²) in [5, 5.41) is 2.13. The molecule has 120 valence electrons. The lowest BCUT2D eigenvalue weighted by molar-refractivity contribution is 0.318. The molecule has 0 saturated carbocycles. The summed E-state index contributed by atoms with van der Waals surface area (Å²) in [5.74, 6) is 0.185. The Morgan fingerprint density at radius 3 is 3.00 bits per heavy atom. The van der Waals surface area contributed by atoms with Gasteiger partial charge in [0.2, 0.25) is 10.0 Å². The predicted octanol–water partition coefficient (Wildman–Crippen LogP) is 2.25. The molecule has 1 aliphatic rings. The highest BCUT2D eigenvalue weighted by atomic mass is 32.2. The third-order valence-corrected chi connectivity index (χ3v) is 5.89. The number of hydrogen-bond acceptors (Lipinski definition) is 4. The van der Waals surface area contributed by atoms with E-state index in [0.29, 0.717) is 13.1 Å². The summed E-state index contributed by atoms with van der Waals surface area (Å²) >= 11 is 0. The topological polar surface area (TPSA) is 79.0 Å². The zero-order valence-electron chi connectivity index (χ0n) is 12.9. The Morgan fingerprint density at radius 2 is 2.17 bits per heavy atom. The van der Waals surface area contributed by atoms with Crippen LogP contribution in [0.1, 0.15) is 24.3 Å². The van der Waals surface area contributed by atoms with Crippen LogP contribution in [-0.2, 0) is 10.0 Å². The van der Waals surface area contributed by atoms with E-state index in [2.05, 4.69) is 15.0 Å². The summed E-state index contributed by atoms with van der Waals surface area (Å²) in [6.07, 6.45) is 8.58. The number of aromatic nitrogens is 3. The van der Waals surface area contributed by atoms with Gasteiger partial charge in [0.1, 0.15) is 5.65 Å². The van der Waals surface area contributed by atoms with Gasteiger partial charge in [0, 0.05) is 36.3 Å². The van der Waals surface area contributed by atoms with E-state index in [4.69, 9.17) is 0 Å². The summed E-state index contributed by atoms with van der Waals surface area (Å²) in [5.41, 5.74) is 2.85. The van der Waals surface area contributed by atoms with Crippen molar-refractivity contribution in [3.05, 3.63) is 36.3 Å². The van der Waals surface area contributed by atoms with Crippen molar-refractivity contribution in [2.24, 2.45) is 0 Å². The minimum atomic E-state index is -3.15. The van der Waals surface area contributed by atoms with Gasteiger partial charge in [-0.15, -0.1) is 0 Å². The highest BCUT2D eigenvalue weighted by Gasteiger charge is 2.28. The van der Waals surface area contributed by atoms with Gasteiger partial charge >= 0.3 is 0 Å². The molecule has 0 aliphatic carbocycles. The van der Waals surface area contributed by atoms with Crippen LogP contribution in [0.15, 0.2) is 30.7 Å². The summed E-state index contributed by atoms with van der Waals surface area (Å²) < 4.78 is 25.4. The van der Waals surface area contributed by atoms with Gasteiger partial charge in [-0.3, -0.25) is 4.98 Å². The molecule has 3 aromatic rings.